The number of anilines is 1. The first-order valence-corrected chi connectivity index (χ1v) is 9.80. The van der Waals surface area contributed by atoms with Gasteiger partial charge in [-0.25, -0.2) is 0 Å². The van der Waals surface area contributed by atoms with Gasteiger partial charge in [-0.15, -0.1) is 0 Å². The second kappa shape index (κ2) is 8.09. The molecule has 3 rings (SSSR count). The van der Waals surface area contributed by atoms with Gasteiger partial charge < -0.3 is 16.4 Å². The third-order valence-corrected chi connectivity index (χ3v) is 5.66. The van der Waals surface area contributed by atoms with Crippen LogP contribution in [0.25, 0.3) is 0 Å². The van der Waals surface area contributed by atoms with E-state index in [1.807, 2.05) is 0 Å². The van der Waals surface area contributed by atoms with Crippen LogP contribution >= 0.6 is 0 Å². The molecule has 2 fully saturated rings. The highest BCUT2D eigenvalue weighted by atomic mass is 16.2. The highest BCUT2D eigenvalue weighted by Crippen LogP contribution is 2.38. The summed E-state index contributed by atoms with van der Waals surface area (Å²) in [4.78, 5) is 24.0. The van der Waals surface area contributed by atoms with E-state index >= 15 is 0 Å². The normalized spacial score (nSPS) is 25.0. The Bertz CT molecular complexity index is 738. The molecule has 0 bridgehead atoms. The maximum atomic E-state index is 12.1. The topological polar surface area (TPSA) is 126 Å². The average molecular weight is 372 g/mol. The molecule has 4 N–H and O–H groups in total. The lowest BCUT2D eigenvalue weighted by Crippen LogP contribution is -2.43. The van der Waals surface area contributed by atoms with Gasteiger partial charge in [-0.1, -0.05) is 6.92 Å². The van der Waals surface area contributed by atoms with Gasteiger partial charge in [0.2, 0.25) is 5.91 Å². The molecule has 27 heavy (non-hydrogen) atoms. The van der Waals surface area contributed by atoms with Crippen LogP contribution < -0.4 is 16.4 Å². The van der Waals surface area contributed by atoms with Crippen LogP contribution in [-0.4, -0.2) is 34.2 Å². The molecule has 0 aliphatic heterocycles. The predicted molar refractivity (Wildman–Crippen MR) is 101 cm³/mol. The lowest BCUT2D eigenvalue weighted by atomic mass is 9.77. The zero-order valence-corrected chi connectivity index (χ0v) is 15.8. The van der Waals surface area contributed by atoms with Crippen LogP contribution in [0.4, 0.5) is 5.82 Å². The molecule has 2 aliphatic rings. The summed E-state index contributed by atoms with van der Waals surface area (Å²) in [5, 5.41) is 20.2. The van der Waals surface area contributed by atoms with Crippen LogP contribution in [0.3, 0.4) is 0 Å². The highest BCUT2D eigenvalue weighted by molar-refractivity contribution is 6.02. The molecule has 0 aromatic carbocycles. The Hall–Kier alpha value is -2.40. The Morgan fingerprint density at radius 1 is 1.37 bits per heavy atom. The van der Waals surface area contributed by atoms with E-state index in [4.69, 9.17) is 5.73 Å². The first-order chi connectivity index (χ1) is 13.0. The maximum absolute atomic E-state index is 12.1. The molecule has 2 aliphatic carbocycles. The van der Waals surface area contributed by atoms with Gasteiger partial charge in [0.1, 0.15) is 5.56 Å². The first-order valence-electron chi connectivity index (χ1n) is 9.80. The zero-order chi connectivity index (χ0) is 19.4. The molecule has 0 spiro atoms. The summed E-state index contributed by atoms with van der Waals surface area (Å²) in [5.74, 6) is -0.533. The Morgan fingerprint density at radius 2 is 2.07 bits per heavy atom. The average Bonchev–Trinajstić information content (AvgIpc) is 3.42. The van der Waals surface area contributed by atoms with E-state index in [0.29, 0.717) is 12.5 Å². The maximum Gasteiger partial charge on any atom is 0.254 e. The van der Waals surface area contributed by atoms with Gasteiger partial charge in [0.15, 0.2) is 5.82 Å². The van der Waals surface area contributed by atoms with E-state index in [-0.39, 0.29) is 23.2 Å². The first kappa shape index (κ1) is 19.4. The van der Waals surface area contributed by atoms with Crippen LogP contribution in [0, 0.1) is 17.2 Å². The summed E-state index contributed by atoms with van der Waals surface area (Å²) < 4.78 is 1.70. The van der Waals surface area contributed by atoms with E-state index in [9.17, 15) is 14.9 Å². The van der Waals surface area contributed by atoms with E-state index in [0.717, 1.165) is 51.5 Å². The Kier molecular flexibility index (Phi) is 5.80. The third-order valence-electron chi connectivity index (χ3n) is 5.66. The van der Waals surface area contributed by atoms with Crippen molar-refractivity contribution in [2.45, 2.75) is 69.9 Å². The number of carbonyl (C=O) groups excluding carboxylic acids is 2. The van der Waals surface area contributed by atoms with Crippen LogP contribution in [0.5, 0.6) is 0 Å². The second-order valence-electron chi connectivity index (χ2n) is 7.75. The van der Waals surface area contributed by atoms with Crippen LogP contribution in [0.15, 0.2) is 6.20 Å². The SMILES string of the molecule is CCCNC1CCC(CC#N)(n2cc(C(N)=O)c(NC(=O)C3CC3)n2)CC1. The van der Waals surface area contributed by atoms with E-state index in [1.54, 1.807) is 10.9 Å². The fourth-order valence-corrected chi connectivity index (χ4v) is 3.80. The van der Waals surface area contributed by atoms with Crippen molar-refractivity contribution in [3.05, 3.63) is 11.8 Å². The quantitative estimate of drug-likeness (QED) is 0.642. The lowest BCUT2D eigenvalue weighted by molar-refractivity contribution is -0.117. The van der Waals surface area contributed by atoms with Crippen molar-refractivity contribution in [1.29, 1.82) is 5.26 Å². The molecular weight excluding hydrogens is 344 g/mol. The standard InChI is InChI=1S/C19H28N6O2/c1-2-11-22-14-5-7-19(8-6-14,9-10-20)25-12-15(16(21)26)17(24-25)23-18(27)13-3-4-13/h12-14,22H,2-9,11H2,1H3,(H2,21,26)(H,23,24,27). The summed E-state index contributed by atoms with van der Waals surface area (Å²) >= 11 is 0. The number of hydrogen-bond donors (Lipinski definition) is 3. The molecule has 0 saturated heterocycles. The molecule has 8 heteroatoms. The summed E-state index contributed by atoms with van der Waals surface area (Å²) in [7, 11) is 0. The predicted octanol–water partition coefficient (Wildman–Crippen LogP) is 1.88. The Balaban J connectivity index is 1.82. The number of hydrogen-bond acceptors (Lipinski definition) is 5. The minimum Gasteiger partial charge on any atom is -0.365 e. The summed E-state index contributed by atoms with van der Waals surface area (Å²) in [5.41, 5.74) is 5.24. The minimum absolute atomic E-state index is 0.00373. The third kappa shape index (κ3) is 4.30. The van der Waals surface area contributed by atoms with Crippen molar-refractivity contribution >= 4 is 17.6 Å². The van der Waals surface area contributed by atoms with Crippen molar-refractivity contribution in [3.8, 4) is 6.07 Å². The van der Waals surface area contributed by atoms with E-state index in [2.05, 4.69) is 28.7 Å². The molecule has 2 amide bonds. The molecule has 0 radical (unpaired) electrons. The molecule has 8 nitrogen and oxygen atoms in total. The zero-order valence-electron chi connectivity index (χ0n) is 15.8. The smallest absolute Gasteiger partial charge is 0.254 e. The molecule has 146 valence electrons. The number of nitrogens with two attached hydrogens (primary N) is 1. The van der Waals surface area contributed by atoms with E-state index in [1.165, 1.54) is 0 Å². The molecule has 1 heterocycles. The van der Waals surface area contributed by atoms with Gasteiger partial charge in [-0.3, -0.25) is 14.3 Å². The summed E-state index contributed by atoms with van der Waals surface area (Å²) in [6.45, 7) is 3.13. The van der Waals surface area contributed by atoms with Crippen LogP contribution in [0.1, 0.15) is 68.6 Å². The van der Waals surface area contributed by atoms with Crippen molar-refractivity contribution < 1.29 is 9.59 Å². The van der Waals surface area contributed by atoms with Crippen LogP contribution in [0.2, 0.25) is 0 Å². The monoisotopic (exact) mass is 372 g/mol. The van der Waals surface area contributed by atoms with Crippen LogP contribution in [-0.2, 0) is 10.3 Å². The minimum atomic E-state index is -0.627. The van der Waals surface area contributed by atoms with Gasteiger partial charge in [-0.2, -0.15) is 10.4 Å². The fourth-order valence-electron chi connectivity index (χ4n) is 3.80. The second-order valence-corrected chi connectivity index (χ2v) is 7.75. The largest absolute Gasteiger partial charge is 0.365 e. The van der Waals surface area contributed by atoms with Gasteiger partial charge in [-0.05, 0) is 51.5 Å². The molecular formula is C19H28N6O2. The van der Waals surface area contributed by atoms with Gasteiger partial charge >= 0.3 is 0 Å². The van der Waals surface area contributed by atoms with Gasteiger partial charge in [0.05, 0.1) is 18.0 Å². The Labute approximate surface area is 159 Å². The number of carbonyl (C=O) groups is 2. The van der Waals surface area contributed by atoms with Crippen molar-refractivity contribution in [1.82, 2.24) is 15.1 Å². The summed E-state index contributed by atoms with van der Waals surface area (Å²) in [6.07, 6.45) is 8.19. The number of nitrogens with zero attached hydrogens (tertiary/aromatic N) is 3. The van der Waals surface area contributed by atoms with Crippen molar-refractivity contribution in [2.75, 3.05) is 11.9 Å². The molecule has 0 atom stereocenters. The number of nitriles is 1. The number of aromatic nitrogens is 2. The number of primary amides is 1. The van der Waals surface area contributed by atoms with Crippen molar-refractivity contribution in [3.63, 3.8) is 0 Å². The number of nitrogens with one attached hydrogen (secondary N) is 2. The molecule has 0 unspecified atom stereocenters. The van der Waals surface area contributed by atoms with Crippen molar-refractivity contribution in [2.24, 2.45) is 11.7 Å². The fraction of sp³-hybridized carbons (Fsp3) is 0.684. The number of rotatable bonds is 8. The highest BCUT2D eigenvalue weighted by Gasteiger charge is 2.39. The van der Waals surface area contributed by atoms with Gasteiger partial charge in [0, 0.05) is 18.2 Å². The summed E-state index contributed by atoms with van der Waals surface area (Å²) in [6, 6.07) is 2.72. The van der Waals surface area contributed by atoms with E-state index < -0.39 is 11.4 Å². The van der Waals surface area contributed by atoms with Gasteiger partial charge in [0.25, 0.3) is 5.91 Å². The molecule has 2 saturated carbocycles. The Morgan fingerprint density at radius 3 is 2.63 bits per heavy atom. The molecule has 1 aromatic rings. The number of amides is 2. The molecule has 1 aromatic heterocycles. The lowest BCUT2D eigenvalue weighted by Gasteiger charge is -2.39.